The fourth-order valence-corrected chi connectivity index (χ4v) is 2.70. The monoisotopic (exact) mass is 415 g/mol. The first-order chi connectivity index (χ1) is 14.0. The highest BCUT2D eigenvalue weighted by Crippen LogP contribution is 2.40. The predicted octanol–water partition coefficient (Wildman–Crippen LogP) is 3.42. The fraction of sp³-hybridized carbons (Fsp3) is 0.263. The van der Waals surface area contributed by atoms with Gasteiger partial charge in [-0.15, -0.1) is 0 Å². The molecule has 0 aliphatic carbocycles. The van der Waals surface area contributed by atoms with E-state index in [0.29, 0.717) is 46.5 Å². The highest BCUT2D eigenvalue weighted by atomic mass is 32.1. The minimum atomic E-state index is -0.378. The molecule has 2 aromatic heterocycles. The zero-order valence-electron chi connectivity index (χ0n) is 16.5. The summed E-state index contributed by atoms with van der Waals surface area (Å²) in [7, 11) is 4.63. The summed E-state index contributed by atoms with van der Waals surface area (Å²) in [4.78, 5) is 25.4. The summed E-state index contributed by atoms with van der Waals surface area (Å²) in [6, 6.07) is 6.58. The standard InChI is InChI=1S/C19H21N5O4S/c1-5-24(29)19(25)23-16-7-6-12-18(22-16)21-13(10-20-12)11-8-14(26-2)17(28-4)15(9-11)27-3/h6-10,29H,5H2,1-4H3,(H,21,22,23,25). The summed E-state index contributed by atoms with van der Waals surface area (Å²) in [6.07, 6.45) is 1.63. The second kappa shape index (κ2) is 8.82. The molecule has 0 fully saturated rings. The molecule has 3 aromatic rings. The topological polar surface area (TPSA) is 98.7 Å². The Balaban J connectivity index is 2.01. The molecule has 2 heterocycles. The van der Waals surface area contributed by atoms with E-state index in [2.05, 4.69) is 33.1 Å². The van der Waals surface area contributed by atoms with Gasteiger partial charge in [-0.2, -0.15) is 0 Å². The fourth-order valence-electron chi connectivity index (χ4n) is 2.65. The number of nitrogens with zero attached hydrogens (tertiary/aromatic N) is 4. The summed E-state index contributed by atoms with van der Waals surface area (Å²) < 4.78 is 17.4. The van der Waals surface area contributed by atoms with Crippen molar-refractivity contribution < 1.29 is 19.0 Å². The van der Waals surface area contributed by atoms with Crippen molar-refractivity contribution in [3.63, 3.8) is 0 Å². The van der Waals surface area contributed by atoms with E-state index >= 15 is 0 Å². The number of hydrogen-bond acceptors (Lipinski definition) is 8. The van der Waals surface area contributed by atoms with Gasteiger partial charge in [0.15, 0.2) is 17.1 Å². The number of methoxy groups -OCH3 is 3. The predicted molar refractivity (Wildman–Crippen MR) is 113 cm³/mol. The molecule has 3 rings (SSSR count). The Bertz CT molecular complexity index is 1020. The molecule has 29 heavy (non-hydrogen) atoms. The van der Waals surface area contributed by atoms with Crippen LogP contribution in [0.25, 0.3) is 22.4 Å². The molecule has 2 amide bonds. The third-order valence-corrected chi connectivity index (χ3v) is 4.60. The lowest BCUT2D eigenvalue weighted by molar-refractivity contribution is 0.240. The molecule has 0 radical (unpaired) electrons. The van der Waals surface area contributed by atoms with Crippen molar-refractivity contribution in [3.05, 3.63) is 30.5 Å². The van der Waals surface area contributed by atoms with Gasteiger partial charge in [0.25, 0.3) is 0 Å². The molecule has 0 aliphatic heterocycles. The van der Waals surface area contributed by atoms with Crippen molar-refractivity contribution in [2.75, 3.05) is 33.2 Å². The van der Waals surface area contributed by atoms with Gasteiger partial charge >= 0.3 is 6.03 Å². The van der Waals surface area contributed by atoms with Gasteiger partial charge in [-0.1, -0.05) is 12.8 Å². The zero-order chi connectivity index (χ0) is 21.0. The molecular formula is C19H21N5O4S. The molecule has 9 nitrogen and oxygen atoms in total. The normalized spacial score (nSPS) is 10.5. The Kier molecular flexibility index (Phi) is 6.23. The van der Waals surface area contributed by atoms with E-state index in [4.69, 9.17) is 14.2 Å². The summed E-state index contributed by atoms with van der Waals surface area (Å²) in [5.74, 6) is 1.85. The minimum absolute atomic E-state index is 0.353. The number of thiol groups is 1. The number of amides is 2. The van der Waals surface area contributed by atoms with Crippen LogP contribution >= 0.6 is 12.8 Å². The second-order valence-electron chi connectivity index (χ2n) is 5.85. The summed E-state index contributed by atoms with van der Waals surface area (Å²) in [6.45, 7) is 2.27. The highest BCUT2D eigenvalue weighted by molar-refractivity contribution is 7.78. The minimum Gasteiger partial charge on any atom is -0.493 e. The Morgan fingerprint density at radius 3 is 2.38 bits per heavy atom. The quantitative estimate of drug-likeness (QED) is 0.595. The van der Waals surface area contributed by atoms with Crippen molar-refractivity contribution in [3.8, 4) is 28.5 Å². The van der Waals surface area contributed by atoms with Crippen molar-refractivity contribution in [1.29, 1.82) is 0 Å². The molecule has 10 heteroatoms. The largest absolute Gasteiger partial charge is 0.493 e. The maximum Gasteiger partial charge on any atom is 0.332 e. The Labute approximate surface area is 173 Å². The van der Waals surface area contributed by atoms with Gasteiger partial charge in [0.2, 0.25) is 5.75 Å². The van der Waals surface area contributed by atoms with Crippen LogP contribution in [0.15, 0.2) is 30.5 Å². The Morgan fingerprint density at radius 2 is 1.79 bits per heavy atom. The summed E-state index contributed by atoms with van der Waals surface area (Å²) in [5, 5.41) is 2.67. The van der Waals surface area contributed by atoms with Crippen molar-refractivity contribution in [2.45, 2.75) is 6.92 Å². The maximum absolute atomic E-state index is 12.0. The lowest BCUT2D eigenvalue weighted by Gasteiger charge is -2.14. The van der Waals surface area contributed by atoms with E-state index in [-0.39, 0.29) is 6.03 Å². The van der Waals surface area contributed by atoms with Gasteiger partial charge in [-0.3, -0.25) is 14.6 Å². The number of pyridine rings is 1. The number of ether oxygens (including phenoxy) is 3. The third-order valence-electron chi connectivity index (χ3n) is 4.14. The van der Waals surface area contributed by atoms with Crippen molar-refractivity contribution in [2.24, 2.45) is 0 Å². The zero-order valence-corrected chi connectivity index (χ0v) is 17.4. The number of anilines is 1. The number of fused-ring (bicyclic) bond motifs is 1. The highest BCUT2D eigenvalue weighted by Gasteiger charge is 2.16. The second-order valence-corrected chi connectivity index (χ2v) is 6.34. The van der Waals surface area contributed by atoms with E-state index in [0.717, 1.165) is 5.56 Å². The summed E-state index contributed by atoms with van der Waals surface area (Å²) in [5.41, 5.74) is 2.27. The van der Waals surface area contributed by atoms with Crippen LogP contribution in [0.3, 0.4) is 0 Å². The van der Waals surface area contributed by atoms with E-state index in [9.17, 15) is 4.79 Å². The number of nitrogens with one attached hydrogen (secondary N) is 1. The number of aromatic nitrogens is 3. The molecule has 152 valence electrons. The van der Waals surface area contributed by atoms with Crippen LogP contribution < -0.4 is 19.5 Å². The van der Waals surface area contributed by atoms with E-state index in [1.54, 1.807) is 51.8 Å². The molecule has 0 bridgehead atoms. The number of hydrogen-bond donors (Lipinski definition) is 2. The van der Waals surface area contributed by atoms with Crippen LogP contribution in [0.4, 0.5) is 10.6 Å². The number of carbonyl (C=O) groups excluding carboxylic acids is 1. The van der Waals surface area contributed by atoms with Crippen LogP contribution in [0.5, 0.6) is 17.2 Å². The number of rotatable bonds is 6. The van der Waals surface area contributed by atoms with Gasteiger partial charge < -0.3 is 14.2 Å². The first-order valence-electron chi connectivity index (χ1n) is 8.72. The van der Waals surface area contributed by atoms with Crippen LogP contribution in [-0.4, -0.2) is 53.2 Å². The van der Waals surface area contributed by atoms with Crippen molar-refractivity contribution >= 4 is 35.8 Å². The smallest absolute Gasteiger partial charge is 0.332 e. The number of urea groups is 1. The van der Waals surface area contributed by atoms with E-state index < -0.39 is 0 Å². The summed E-state index contributed by atoms with van der Waals surface area (Å²) >= 11 is 4.08. The first kappa shape index (κ1) is 20.5. The maximum atomic E-state index is 12.0. The number of carbonyl (C=O) groups is 1. The van der Waals surface area contributed by atoms with Gasteiger partial charge in [0, 0.05) is 12.1 Å². The molecular weight excluding hydrogens is 394 g/mol. The molecule has 0 unspecified atom stereocenters. The lowest BCUT2D eigenvalue weighted by Crippen LogP contribution is -2.27. The average molecular weight is 415 g/mol. The molecule has 0 atom stereocenters. The molecule has 1 aromatic carbocycles. The first-order valence-corrected chi connectivity index (χ1v) is 9.12. The van der Waals surface area contributed by atoms with Gasteiger partial charge in [-0.05, 0) is 31.2 Å². The van der Waals surface area contributed by atoms with Gasteiger partial charge in [0.05, 0.1) is 33.2 Å². The molecule has 0 aliphatic rings. The molecule has 0 spiro atoms. The number of benzene rings is 1. The Hall–Kier alpha value is -3.27. The molecule has 1 N–H and O–H groups in total. The van der Waals surface area contributed by atoms with E-state index in [1.807, 2.05) is 6.92 Å². The van der Waals surface area contributed by atoms with E-state index in [1.165, 1.54) is 4.31 Å². The van der Waals surface area contributed by atoms with Gasteiger partial charge in [0.1, 0.15) is 11.3 Å². The van der Waals surface area contributed by atoms with Crippen LogP contribution in [0.2, 0.25) is 0 Å². The third kappa shape index (κ3) is 4.27. The Morgan fingerprint density at radius 1 is 1.10 bits per heavy atom. The van der Waals surface area contributed by atoms with Crippen LogP contribution in [0.1, 0.15) is 6.92 Å². The molecule has 0 saturated carbocycles. The SMILES string of the molecule is CCN(S)C(=O)Nc1ccc2ncc(-c3cc(OC)c(OC)c(OC)c3)nc2n1. The van der Waals surface area contributed by atoms with Crippen LogP contribution in [0, 0.1) is 0 Å². The lowest BCUT2D eigenvalue weighted by atomic mass is 10.1. The molecule has 0 saturated heterocycles. The average Bonchev–Trinajstić information content (AvgIpc) is 2.76. The van der Waals surface area contributed by atoms with Gasteiger partial charge in [-0.25, -0.2) is 14.8 Å². The van der Waals surface area contributed by atoms with Crippen LogP contribution in [-0.2, 0) is 0 Å². The van der Waals surface area contributed by atoms with Crippen molar-refractivity contribution in [1.82, 2.24) is 19.3 Å².